The molecule has 0 aliphatic carbocycles. The molecule has 5 aromatic rings. The van der Waals surface area contributed by atoms with Crippen molar-refractivity contribution in [2.75, 3.05) is 6.61 Å². The molecule has 1 aliphatic heterocycles. The molecule has 1 saturated heterocycles. The van der Waals surface area contributed by atoms with Gasteiger partial charge in [-0.2, -0.15) is 0 Å². The Morgan fingerprint density at radius 3 is 1.57 bits per heavy atom. The number of benzene rings is 5. The molecule has 5 aromatic carbocycles. The molecule has 0 aromatic heterocycles. The molecular weight excluding hydrogens is 655 g/mol. The molecule has 0 unspecified atom stereocenters. The first-order chi connectivity index (χ1) is 23.2. The molecule has 47 heavy (non-hydrogen) atoms. The van der Waals surface area contributed by atoms with Gasteiger partial charge in [-0.25, -0.2) is 0 Å². The zero-order valence-corrected chi connectivity index (χ0v) is 27.7. The van der Waals surface area contributed by atoms with Crippen LogP contribution in [0.3, 0.4) is 0 Å². The van der Waals surface area contributed by atoms with Crippen LogP contribution < -0.4 is 4.46 Å². The number of ether oxygens (including phenoxy) is 5. The summed E-state index contributed by atoms with van der Waals surface area (Å²) in [5.74, 6) is -0.429. The van der Waals surface area contributed by atoms with Crippen LogP contribution in [0.5, 0.6) is 0 Å². The van der Waals surface area contributed by atoms with Crippen molar-refractivity contribution in [3.63, 3.8) is 0 Å². The third kappa shape index (κ3) is 9.49. The first-order valence-electron chi connectivity index (χ1n) is 15.8. The molecule has 0 saturated carbocycles. The summed E-state index contributed by atoms with van der Waals surface area (Å²) in [6.07, 6.45) is -2.45. The molecule has 240 valence electrons. The van der Waals surface area contributed by atoms with Crippen molar-refractivity contribution in [1.29, 1.82) is 0 Å². The molecule has 1 heterocycles. The molecule has 0 radical (unpaired) electrons. The summed E-state index contributed by atoms with van der Waals surface area (Å²) in [5, 5.41) is -0.458. The molecule has 7 heteroatoms. The fourth-order valence-corrected chi connectivity index (χ4v) is 7.78. The van der Waals surface area contributed by atoms with Crippen LogP contribution in [0.4, 0.5) is 0 Å². The van der Waals surface area contributed by atoms with E-state index in [4.69, 9.17) is 23.7 Å². The second kappa shape index (κ2) is 17.2. The average molecular weight is 694 g/mol. The van der Waals surface area contributed by atoms with Crippen molar-refractivity contribution in [2.24, 2.45) is 0 Å². The van der Waals surface area contributed by atoms with E-state index in [9.17, 15) is 4.79 Å². The van der Waals surface area contributed by atoms with Crippen molar-refractivity contribution < 1.29 is 28.5 Å². The molecule has 0 amide bonds. The third-order valence-electron chi connectivity index (χ3n) is 7.80. The van der Waals surface area contributed by atoms with E-state index in [1.165, 1.54) is 0 Å². The number of hydrogen-bond donors (Lipinski definition) is 0. The minimum atomic E-state index is -0.738. The van der Waals surface area contributed by atoms with E-state index >= 15 is 0 Å². The van der Waals surface area contributed by atoms with Crippen LogP contribution in [-0.4, -0.2) is 57.0 Å². The van der Waals surface area contributed by atoms with Crippen molar-refractivity contribution in [2.45, 2.75) is 49.2 Å². The van der Waals surface area contributed by atoms with Gasteiger partial charge in [-0.3, -0.25) is 0 Å². The van der Waals surface area contributed by atoms with Gasteiger partial charge >= 0.3 is 284 Å². The summed E-state index contributed by atoms with van der Waals surface area (Å²) in [5.41, 5.74) is 3.57. The number of hydrogen-bond acceptors (Lipinski definition) is 6. The van der Waals surface area contributed by atoms with Crippen LogP contribution >= 0.6 is 0 Å². The molecule has 0 N–H and O–H groups in total. The minimum absolute atomic E-state index is 0.223. The average Bonchev–Trinajstić information content (AvgIpc) is 3.13. The fraction of sp³-hybridized carbons (Fsp3) is 0.225. The predicted molar refractivity (Wildman–Crippen MR) is 182 cm³/mol. The van der Waals surface area contributed by atoms with Crippen molar-refractivity contribution in [3.05, 3.63) is 174 Å². The van der Waals surface area contributed by atoms with Crippen LogP contribution in [0.25, 0.3) is 0 Å². The van der Waals surface area contributed by atoms with Gasteiger partial charge in [0.25, 0.3) is 0 Å². The van der Waals surface area contributed by atoms with Crippen LogP contribution in [0, 0.1) is 0 Å². The third-order valence-corrected chi connectivity index (χ3v) is 10.2. The van der Waals surface area contributed by atoms with E-state index < -0.39 is 35.4 Å². The Balaban J connectivity index is 1.33. The summed E-state index contributed by atoms with van der Waals surface area (Å²) in [6, 6.07) is 49.3. The normalized spacial score (nSPS) is 20.8. The SMILES string of the molecule is O=C(O[C@@H]1[C@@H](OCc2ccccc2)[C@H](OCc2ccccc2)[C@@H](COCc2ccccc2)O[C@H]1[Se]c1ccccc1)c1ccccc1. The predicted octanol–water partition coefficient (Wildman–Crippen LogP) is 6.35. The summed E-state index contributed by atoms with van der Waals surface area (Å²) >= 11 is -0.223. The summed E-state index contributed by atoms with van der Waals surface area (Å²) < 4.78 is 34.1. The van der Waals surface area contributed by atoms with Gasteiger partial charge in [-0.05, 0) is 0 Å². The summed E-state index contributed by atoms with van der Waals surface area (Å²) in [6.45, 7) is 1.37. The molecule has 0 bridgehead atoms. The zero-order chi connectivity index (χ0) is 32.1. The van der Waals surface area contributed by atoms with Crippen molar-refractivity contribution in [3.8, 4) is 0 Å². The number of rotatable bonds is 14. The molecule has 1 aliphatic rings. The summed E-state index contributed by atoms with van der Waals surface area (Å²) in [4.78, 5) is 13.6. The Labute approximate surface area is 282 Å². The van der Waals surface area contributed by atoms with Crippen LogP contribution in [-0.2, 0) is 43.5 Å². The van der Waals surface area contributed by atoms with Gasteiger partial charge in [0.1, 0.15) is 0 Å². The van der Waals surface area contributed by atoms with Gasteiger partial charge in [-0.15, -0.1) is 0 Å². The van der Waals surface area contributed by atoms with E-state index in [-0.39, 0.29) is 21.6 Å². The Bertz CT molecular complexity index is 1620. The van der Waals surface area contributed by atoms with Crippen LogP contribution in [0.2, 0.25) is 0 Å². The fourth-order valence-electron chi connectivity index (χ4n) is 5.42. The van der Waals surface area contributed by atoms with Crippen LogP contribution in [0.15, 0.2) is 152 Å². The Morgan fingerprint density at radius 1 is 0.553 bits per heavy atom. The molecule has 0 spiro atoms. The van der Waals surface area contributed by atoms with Gasteiger partial charge in [0, 0.05) is 0 Å². The summed E-state index contributed by atoms with van der Waals surface area (Å²) in [7, 11) is 0. The topological polar surface area (TPSA) is 63.2 Å². The van der Waals surface area contributed by atoms with Crippen molar-refractivity contribution >= 4 is 25.4 Å². The molecule has 6 rings (SSSR count). The molecule has 5 atom stereocenters. The zero-order valence-electron chi connectivity index (χ0n) is 26.0. The Kier molecular flexibility index (Phi) is 12.0. The second-order valence-electron chi connectivity index (χ2n) is 11.2. The van der Waals surface area contributed by atoms with Crippen molar-refractivity contribution in [1.82, 2.24) is 0 Å². The van der Waals surface area contributed by atoms with E-state index in [2.05, 4.69) is 12.1 Å². The first kappa shape index (κ1) is 32.9. The maximum atomic E-state index is 13.6. The van der Waals surface area contributed by atoms with Gasteiger partial charge in [0.05, 0.1) is 0 Å². The standard InChI is InChI=1S/C40H38O6Se/c41-39(33-22-12-4-13-23-33)46-38-37(44-28-32-20-10-3-11-21-32)36(43-27-31-18-8-2-9-19-31)35(29-42-26-30-16-6-1-7-17-30)45-40(38)47-34-24-14-5-15-25-34/h1-25,35-38,40H,26-29H2/t35-,36-,37+,38-,40+/m1/s1. The van der Waals surface area contributed by atoms with E-state index in [0.29, 0.717) is 25.4 Å². The Morgan fingerprint density at radius 2 is 1.02 bits per heavy atom. The van der Waals surface area contributed by atoms with Gasteiger partial charge in [-0.1, -0.05) is 0 Å². The van der Waals surface area contributed by atoms with E-state index in [1.54, 1.807) is 12.1 Å². The number of carbonyl (C=O) groups is 1. The molecular formula is C40H38O6Se. The van der Waals surface area contributed by atoms with Gasteiger partial charge < -0.3 is 0 Å². The number of carbonyl (C=O) groups excluding carboxylic acids is 1. The van der Waals surface area contributed by atoms with Crippen LogP contribution in [0.1, 0.15) is 27.0 Å². The quantitative estimate of drug-likeness (QED) is 0.0998. The van der Waals surface area contributed by atoms with Gasteiger partial charge in [0.2, 0.25) is 0 Å². The van der Waals surface area contributed by atoms with E-state index in [1.807, 2.05) is 127 Å². The maximum absolute atomic E-state index is 13.6. The first-order valence-corrected chi connectivity index (χ1v) is 17.6. The van der Waals surface area contributed by atoms with E-state index in [0.717, 1.165) is 21.2 Å². The number of esters is 1. The molecule has 1 fully saturated rings. The Hall–Kier alpha value is -4.07. The van der Waals surface area contributed by atoms with Gasteiger partial charge in [0.15, 0.2) is 0 Å². The molecule has 6 nitrogen and oxygen atoms in total. The monoisotopic (exact) mass is 694 g/mol. The second-order valence-corrected chi connectivity index (χ2v) is 13.7.